The molecule has 6 nitrogen and oxygen atoms in total. The maximum Gasteiger partial charge on any atom is 0.172 e. The lowest BCUT2D eigenvalue weighted by Gasteiger charge is -2.22. The first-order valence-corrected chi connectivity index (χ1v) is 18.3. The molecule has 1 aliphatic rings. The molecule has 0 atom stereocenters. The predicted molar refractivity (Wildman–Crippen MR) is 200 cm³/mol. The summed E-state index contributed by atoms with van der Waals surface area (Å²) in [6, 6.07) is 14.7. The van der Waals surface area contributed by atoms with Crippen molar-refractivity contribution in [1.82, 2.24) is 0 Å². The lowest BCUT2D eigenvalue weighted by Crippen LogP contribution is -2.26. The van der Waals surface area contributed by atoms with Gasteiger partial charge in [0.1, 0.15) is 29.4 Å². The molecule has 0 spiro atoms. The Bertz CT molecular complexity index is 1590. The number of benzene rings is 1. The smallest absolute Gasteiger partial charge is 0.172 e. The Morgan fingerprint density at radius 1 is 0.833 bits per heavy atom. The number of rotatable bonds is 19. The average molecular weight is 665 g/mol. The summed E-state index contributed by atoms with van der Waals surface area (Å²) < 4.78 is 11.3. The largest absolute Gasteiger partial charge is 0.480 e. The molecule has 0 aliphatic carbocycles. The number of hydrogen-bond acceptors (Lipinski definition) is 7. The molecule has 7 heteroatoms. The number of methoxy groups -OCH3 is 1. The van der Waals surface area contributed by atoms with Crippen LogP contribution in [0, 0.1) is 34.0 Å². The molecular weight excluding hydrogens is 613 g/mol. The van der Waals surface area contributed by atoms with Crippen molar-refractivity contribution in [3.05, 3.63) is 79.3 Å². The van der Waals surface area contributed by atoms with Gasteiger partial charge in [0.25, 0.3) is 0 Å². The first-order chi connectivity index (χ1) is 23.3. The molecule has 48 heavy (non-hydrogen) atoms. The van der Waals surface area contributed by atoms with E-state index in [1.807, 2.05) is 32.1 Å². The van der Waals surface area contributed by atoms with E-state index < -0.39 is 5.60 Å². The molecular formula is C41H52N4O2S. The van der Waals surface area contributed by atoms with Gasteiger partial charge in [-0.25, -0.2) is 0 Å². The third kappa shape index (κ3) is 10.2. The van der Waals surface area contributed by atoms with Gasteiger partial charge in [0.05, 0.1) is 6.61 Å². The Labute approximate surface area is 293 Å². The Hall–Kier alpha value is -4.09. The fourth-order valence-electron chi connectivity index (χ4n) is 6.09. The summed E-state index contributed by atoms with van der Waals surface area (Å²) in [5.74, 6) is 0.0742. The highest BCUT2D eigenvalue weighted by Crippen LogP contribution is 2.41. The van der Waals surface area contributed by atoms with Crippen molar-refractivity contribution < 1.29 is 9.47 Å². The topological polar surface area (TPSA) is 93.1 Å². The molecule has 2 heterocycles. The zero-order valence-corrected chi connectivity index (χ0v) is 30.6. The molecule has 0 radical (unpaired) electrons. The zero-order valence-electron chi connectivity index (χ0n) is 29.8. The van der Waals surface area contributed by atoms with Crippen molar-refractivity contribution in [2.45, 2.75) is 104 Å². The summed E-state index contributed by atoms with van der Waals surface area (Å²) in [5.41, 5.74) is 5.10. The number of ether oxygens (including phenoxy) is 2. The van der Waals surface area contributed by atoms with Gasteiger partial charge >= 0.3 is 0 Å². The summed E-state index contributed by atoms with van der Waals surface area (Å²) in [7, 11) is 1.74. The first-order valence-electron chi connectivity index (χ1n) is 17.5. The number of hydrogen-bond donors (Lipinski definition) is 0. The molecule has 0 N–H and O–H groups in total. The van der Waals surface area contributed by atoms with Crippen LogP contribution >= 0.6 is 11.3 Å². The van der Waals surface area contributed by atoms with Gasteiger partial charge in [0.15, 0.2) is 11.3 Å². The SMILES string of the molecule is CCCCCCc1c(C=Cc2ccc(N(CC)CCOC)cc2)sc(/C=C/C2=C(C#N)C(=C(C#N)C#N)OC2(C)C)c1CCCCCC. The second-order valence-corrected chi connectivity index (χ2v) is 13.8. The van der Waals surface area contributed by atoms with E-state index in [4.69, 9.17) is 9.47 Å². The van der Waals surface area contributed by atoms with Gasteiger partial charge < -0.3 is 14.4 Å². The average Bonchev–Trinajstić information content (AvgIpc) is 3.55. The van der Waals surface area contributed by atoms with Gasteiger partial charge in [-0.15, -0.1) is 11.3 Å². The van der Waals surface area contributed by atoms with Crippen molar-refractivity contribution in [2.24, 2.45) is 0 Å². The molecule has 3 rings (SSSR count). The Balaban J connectivity index is 2.08. The number of anilines is 1. The summed E-state index contributed by atoms with van der Waals surface area (Å²) in [5, 5.41) is 29.1. The molecule has 1 aromatic carbocycles. The third-order valence-corrected chi connectivity index (χ3v) is 10.0. The number of nitrogens with zero attached hydrogens (tertiary/aromatic N) is 4. The van der Waals surface area contributed by atoms with Gasteiger partial charge in [-0.05, 0) is 87.4 Å². The quantitative estimate of drug-likeness (QED) is 0.110. The molecule has 0 saturated heterocycles. The van der Waals surface area contributed by atoms with Crippen LogP contribution in [0.2, 0.25) is 0 Å². The van der Waals surface area contributed by atoms with Crippen LogP contribution in [0.1, 0.15) is 112 Å². The highest BCUT2D eigenvalue weighted by Gasteiger charge is 2.38. The molecule has 1 aliphatic heterocycles. The van der Waals surface area contributed by atoms with Crippen molar-refractivity contribution in [1.29, 1.82) is 15.8 Å². The fourth-order valence-corrected chi connectivity index (χ4v) is 7.30. The van der Waals surface area contributed by atoms with Crippen LogP contribution in [0.25, 0.3) is 18.2 Å². The van der Waals surface area contributed by atoms with Crippen LogP contribution in [0.15, 0.2) is 52.8 Å². The van der Waals surface area contributed by atoms with Gasteiger partial charge in [0, 0.05) is 41.2 Å². The normalized spacial score (nSPS) is 13.9. The number of nitriles is 3. The molecule has 0 saturated carbocycles. The highest BCUT2D eigenvalue weighted by atomic mass is 32.1. The van der Waals surface area contributed by atoms with E-state index in [0.717, 1.165) is 44.3 Å². The molecule has 0 fully saturated rings. The van der Waals surface area contributed by atoms with Crippen LogP contribution in [-0.2, 0) is 22.3 Å². The van der Waals surface area contributed by atoms with E-state index >= 15 is 0 Å². The lowest BCUT2D eigenvalue weighted by atomic mass is 9.93. The van der Waals surface area contributed by atoms with Gasteiger partial charge in [0.2, 0.25) is 0 Å². The Morgan fingerprint density at radius 2 is 1.42 bits per heavy atom. The monoisotopic (exact) mass is 664 g/mol. The van der Waals surface area contributed by atoms with Crippen LogP contribution in [-0.4, -0.2) is 32.4 Å². The Morgan fingerprint density at radius 3 is 1.92 bits per heavy atom. The van der Waals surface area contributed by atoms with Crippen LogP contribution < -0.4 is 4.90 Å². The van der Waals surface area contributed by atoms with E-state index in [-0.39, 0.29) is 16.9 Å². The van der Waals surface area contributed by atoms with Gasteiger partial charge in [-0.2, -0.15) is 15.8 Å². The summed E-state index contributed by atoms with van der Waals surface area (Å²) in [4.78, 5) is 4.80. The second kappa shape index (κ2) is 19.7. The maximum absolute atomic E-state index is 10.1. The Kier molecular flexibility index (Phi) is 15.7. The minimum absolute atomic E-state index is 0.0742. The molecule has 0 bridgehead atoms. The van der Waals surface area contributed by atoms with Crippen LogP contribution in [0.4, 0.5) is 5.69 Å². The molecule has 2 aromatic rings. The van der Waals surface area contributed by atoms with Gasteiger partial charge in [-0.1, -0.05) is 76.7 Å². The van der Waals surface area contributed by atoms with Crippen molar-refractivity contribution in [3.63, 3.8) is 0 Å². The molecule has 254 valence electrons. The molecule has 0 amide bonds. The van der Waals surface area contributed by atoms with E-state index in [1.165, 1.54) is 65.1 Å². The minimum Gasteiger partial charge on any atom is -0.480 e. The number of unbranched alkanes of at least 4 members (excludes halogenated alkanes) is 6. The molecule has 0 unspecified atom stereocenters. The zero-order chi connectivity index (χ0) is 34.9. The summed E-state index contributed by atoms with van der Waals surface area (Å²) in [6.45, 7) is 12.9. The standard InChI is InChI=1S/C41H52N4O2S/c1-7-10-12-14-16-34-35(17-15-13-11-8-2)39(25-23-37-36(30-44)40(32(28-42)29-43)47-41(37,4)5)48-38(34)24-20-31-18-21-33(22-19-31)45(9-3)26-27-46-6/h18-25H,7-17,26-27H2,1-6H3/b24-20?,25-23+. The number of likely N-dealkylation sites (N-methyl/N-ethyl adjacent to an activating group) is 1. The number of allylic oxidation sites excluding steroid dienone is 2. The molecule has 1 aromatic heterocycles. The maximum atomic E-state index is 10.1. The fraction of sp³-hybridized carbons (Fsp3) is 0.488. The van der Waals surface area contributed by atoms with Crippen molar-refractivity contribution in [3.8, 4) is 18.2 Å². The van der Waals surface area contributed by atoms with Gasteiger partial charge in [-0.3, -0.25) is 0 Å². The summed E-state index contributed by atoms with van der Waals surface area (Å²) in [6.07, 6.45) is 20.2. The third-order valence-electron chi connectivity index (χ3n) is 8.84. The lowest BCUT2D eigenvalue weighted by molar-refractivity contribution is 0.0954. The van der Waals surface area contributed by atoms with E-state index in [1.54, 1.807) is 18.4 Å². The van der Waals surface area contributed by atoms with E-state index in [9.17, 15) is 15.8 Å². The van der Waals surface area contributed by atoms with E-state index in [2.05, 4.69) is 74.2 Å². The second-order valence-electron chi connectivity index (χ2n) is 12.7. The predicted octanol–water partition coefficient (Wildman–Crippen LogP) is 10.6. The van der Waals surface area contributed by atoms with E-state index in [0.29, 0.717) is 12.2 Å². The highest BCUT2D eigenvalue weighted by molar-refractivity contribution is 7.14. The summed E-state index contributed by atoms with van der Waals surface area (Å²) >= 11 is 1.80. The first kappa shape index (κ1) is 38.4. The van der Waals surface area contributed by atoms with Crippen LogP contribution in [0.3, 0.4) is 0 Å². The van der Waals surface area contributed by atoms with Crippen molar-refractivity contribution in [2.75, 3.05) is 31.7 Å². The number of thiophene rings is 1. The minimum atomic E-state index is -0.844. The van der Waals surface area contributed by atoms with Crippen LogP contribution in [0.5, 0.6) is 0 Å². The van der Waals surface area contributed by atoms with Crippen molar-refractivity contribution >= 4 is 35.3 Å².